The number of nitrogens with zero attached hydrogens (tertiary/aromatic N) is 2. The fourth-order valence-electron chi connectivity index (χ4n) is 1.61. The second-order valence-electron chi connectivity index (χ2n) is 3.71. The first-order valence-electron chi connectivity index (χ1n) is 5.13. The fraction of sp³-hybridized carbons (Fsp3) is 0.231. The Kier molecular flexibility index (Phi) is 2.98. The Morgan fingerprint density at radius 1 is 1.18 bits per heavy atom. The smallest absolute Gasteiger partial charge is 0.170 e. The van der Waals surface area contributed by atoms with Gasteiger partial charge in [0.05, 0.1) is 0 Å². The second-order valence-corrected chi connectivity index (χ2v) is 3.71. The van der Waals surface area contributed by atoms with Crippen LogP contribution in [-0.2, 0) is 11.3 Å². The van der Waals surface area contributed by atoms with E-state index in [2.05, 4.69) is 0 Å². The maximum Gasteiger partial charge on any atom is 0.170 e. The molecule has 4 heteroatoms. The van der Waals surface area contributed by atoms with Crippen molar-refractivity contribution in [2.24, 2.45) is 0 Å². The maximum absolute atomic E-state index is 8.77. The quantitative estimate of drug-likeness (QED) is 0.636. The van der Waals surface area contributed by atoms with Gasteiger partial charge in [0.2, 0.25) is 0 Å². The SMILES string of the molecule is Cc1ccc2c(c1)COC(=C(C#N)C#N)CO2. The summed E-state index contributed by atoms with van der Waals surface area (Å²) in [5, 5.41) is 17.5. The summed E-state index contributed by atoms with van der Waals surface area (Å²) in [5.74, 6) is 1.03. The number of hydrogen-bond acceptors (Lipinski definition) is 4. The van der Waals surface area contributed by atoms with E-state index in [-0.39, 0.29) is 12.2 Å². The molecule has 84 valence electrons. The summed E-state index contributed by atoms with van der Waals surface area (Å²) in [6.07, 6.45) is 0. The number of fused-ring (bicyclic) bond motifs is 1. The lowest BCUT2D eigenvalue weighted by Gasteiger charge is -2.05. The largest absolute Gasteiger partial charge is 0.487 e. The Hall–Kier alpha value is -2.46. The lowest BCUT2D eigenvalue weighted by Crippen LogP contribution is -2.03. The van der Waals surface area contributed by atoms with E-state index in [9.17, 15) is 0 Å². The van der Waals surface area contributed by atoms with Crippen LogP contribution in [0.25, 0.3) is 0 Å². The number of allylic oxidation sites excluding steroid dienone is 1. The summed E-state index contributed by atoms with van der Waals surface area (Å²) in [6.45, 7) is 2.42. The van der Waals surface area contributed by atoms with Crippen LogP contribution in [0.4, 0.5) is 0 Å². The first-order chi connectivity index (χ1) is 8.24. The van der Waals surface area contributed by atoms with E-state index >= 15 is 0 Å². The summed E-state index contributed by atoms with van der Waals surface area (Å²) in [6, 6.07) is 9.39. The molecule has 0 fully saturated rings. The number of ether oxygens (including phenoxy) is 2. The molecule has 0 atom stereocenters. The van der Waals surface area contributed by atoms with Crippen molar-refractivity contribution in [3.05, 3.63) is 40.7 Å². The molecule has 0 saturated heterocycles. The molecular weight excluding hydrogens is 216 g/mol. The molecule has 1 aliphatic heterocycles. The summed E-state index contributed by atoms with van der Waals surface area (Å²) >= 11 is 0. The van der Waals surface area contributed by atoms with Gasteiger partial charge in [-0.3, -0.25) is 0 Å². The Balaban J connectivity index is 2.32. The van der Waals surface area contributed by atoms with Crippen LogP contribution in [0.3, 0.4) is 0 Å². The zero-order chi connectivity index (χ0) is 12.3. The average molecular weight is 226 g/mol. The number of benzene rings is 1. The number of hydrogen-bond donors (Lipinski definition) is 0. The second kappa shape index (κ2) is 4.59. The van der Waals surface area contributed by atoms with Crippen LogP contribution in [0.5, 0.6) is 5.75 Å². The summed E-state index contributed by atoms with van der Waals surface area (Å²) < 4.78 is 11.0. The van der Waals surface area contributed by atoms with E-state index in [0.717, 1.165) is 16.9 Å². The first-order valence-corrected chi connectivity index (χ1v) is 5.13. The molecule has 0 N–H and O–H groups in total. The van der Waals surface area contributed by atoms with Crippen molar-refractivity contribution >= 4 is 0 Å². The molecule has 1 aromatic rings. The molecule has 1 aliphatic rings. The predicted molar refractivity (Wildman–Crippen MR) is 59.7 cm³/mol. The van der Waals surface area contributed by atoms with E-state index in [4.69, 9.17) is 20.0 Å². The van der Waals surface area contributed by atoms with Crippen LogP contribution in [0.15, 0.2) is 29.5 Å². The van der Waals surface area contributed by atoms with E-state index in [1.807, 2.05) is 25.1 Å². The molecule has 2 rings (SSSR count). The van der Waals surface area contributed by atoms with Gasteiger partial charge in [-0.15, -0.1) is 0 Å². The predicted octanol–water partition coefficient (Wildman–Crippen LogP) is 2.21. The molecule has 17 heavy (non-hydrogen) atoms. The summed E-state index contributed by atoms with van der Waals surface area (Å²) in [7, 11) is 0. The molecule has 0 saturated carbocycles. The third-order valence-corrected chi connectivity index (χ3v) is 2.48. The number of nitriles is 2. The van der Waals surface area contributed by atoms with Crippen LogP contribution in [0.1, 0.15) is 11.1 Å². The van der Waals surface area contributed by atoms with E-state index in [1.54, 1.807) is 12.1 Å². The third kappa shape index (κ3) is 2.21. The highest BCUT2D eigenvalue weighted by Gasteiger charge is 2.16. The molecule has 4 nitrogen and oxygen atoms in total. The van der Waals surface area contributed by atoms with Crippen LogP contribution in [0.2, 0.25) is 0 Å². The summed E-state index contributed by atoms with van der Waals surface area (Å²) in [4.78, 5) is 0. The minimum absolute atomic E-state index is 0.0328. The molecule has 0 aromatic heterocycles. The van der Waals surface area contributed by atoms with Crippen LogP contribution >= 0.6 is 0 Å². The van der Waals surface area contributed by atoms with Crippen LogP contribution < -0.4 is 4.74 Å². The van der Waals surface area contributed by atoms with E-state index < -0.39 is 0 Å². The topological polar surface area (TPSA) is 66.0 Å². The van der Waals surface area contributed by atoms with Gasteiger partial charge in [0.15, 0.2) is 11.3 Å². The molecule has 0 aliphatic carbocycles. The van der Waals surface area contributed by atoms with Gasteiger partial charge >= 0.3 is 0 Å². The van der Waals surface area contributed by atoms with Crippen LogP contribution in [0, 0.1) is 29.6 Å². The van der Waals surface area contributed by atoms with Crippen molar-refractivity contribution in [1.82, 2.24) is 0 Å². The Labute approximate surface area is 99.3 Å². The van der Waals surface area contributed by atoms with Gasteiger partial charge in [-0.05, 0) is 19.1 Å². The van der Waals surface area contributed by atoms with Crippen molar-refractivity contribution in [3.63, 3.8) is 0 Å². The van der Waals surface area contributed by atoms with Crippen molar-refractivity contribution < 1.29 is 9.47 Å². The highest BCUT2D eigenvalue weighted by molar-refractivity contribution is 5.41. The maximum atomic E-state index is 8.77. The van der Waals surface area contributed by atoms with E-state index in [1.165, 1.54) is 0 Å². The molecule has 1 heterocycles. The van der Waals surface area contributed by atoms with Gasteiger partial charge in [0.1, 0.15) is 31.1 Å². The lowest BCUT2D eigenvalue weighted by atomic mass is 10.1. The van der Waals surface area contributed by atoms with Gasteiger partial charge < -0.3 is 9.47 Å². The zero-order valence-corrected chi connectivity index (χ0v) is 9.36. The number of aryl methyl sites for hydroxylation is 1. The normalized spacial score (nSPS) is 13.2. The minimum atomic E-state index is -0.0328. The van der Waals surface area contributed by atoms with Crippen LogP contribution in [-0.4, -0.2) is 6.61 Å². The fourth-order valence-corrected chi connectivity index (χ4v) is 1.61. The summed E-state index contributed by atoms with van der Waals surface area (Å²) in [5.41, 5.74) is 2.01. The average Bonchev–Trinajstić information content (AvgIpc) is 2.54. The van der Waals surface area contributed by atoms with Crippen molar-refractivity contribution in [2.75, 3.05) is 6.61 Å². The Morgan fingerprint density at radius 2 is 1.94 bits per heavy atom. The third-order valence-electron chi connectivity index (χ3n) is 2.48. The standard InChI is InChI=1S/C13H10N2O2/c1-9-2-3-12-10(4-9)7-16-13(8-17-12)11(5-14)6-15/h2-4H,7-8H2,1H3. The first kappa shape index (κ1) is 11.0. The monoisotopic (exact) mass is 226 g/mol. The highest BCUT2D eigenvalue weighted by atomic mass is 16.5. The molecule has 0 amide bonds. The van der Waals surface area contributed by atoms with Gasteiger partial charge in [0, 0.05) is 5.56 Å². The zero-order valence-electron chi connectivity index (χ0n) is 9.36. The minimum Gasteiger partial charge on any atom is -0.487 e. The molecule has 0 unspecified atom stereocenters. The van der Waals surface area contributed by atoms with Crippen molar-refractivity contribution in [1.29, 1.82) is 10.5 Å². The molecule has 0 radical (unpaired) electrons. The highest BCUT2D eigenvalue weighted by Crippen LogP contribution is 2.26. The van der Waals surface area contributed by atoms with E-state index in [0.29, 0.717) is 12.4 Å². The Morgan fingerprint density at radius 3 is 2.65 bits per heavy atom. The molecule has 1 aromatic carbocycles. The molecular formula is C13H10N2O2. The Bertz CT molecular complexity index is 546. The number of rotatable bonds is 0. The van der Waals surface area contributed by atoms with Gasteiger partial charge in [-0.1, -0.05) is 11.6 Å². The lowest BCUT2D eigenvalue weighted by molar-refractivity contribution is 0.177. The van der Waals surface area contributed by atoms with Gasteiger partial charge in [-0.2, -0.15) is 10.5 Å². The van der Waals surface area contributed by atoms with Crippen molar-refractivity contribution in [3.8, 4) is 17.9 Å². The molecule has 0 bridgehead atoms. The van der Waals surface area contributed by atoms with Crippen molar-refractivity contribution in [2.45, 2.75) is 13.5 Å². The molecule has 0 spiro atoms. The van der Waals surface area contributed by atoms with Gasteiger partial charge in [-0.25, -0.2) is 0 Å². The van der Waals surface area contributed by atoms with Gasteiger partial charge in [0.25, 0.3) is 0 Å².